The highest BCUT2D eigenvalue weighted by atomic mass is 79.9. The number of hydrogen-bond acceptors (Lipinski definition) is 1. The van der Waals surface area contributed by atoms with Gasteiger partial charge in [0.05, 0.1) is 5.69 Å². The Labute approximate surface area is 131 Å². The van der Waals surface area contributed by atoms with Crippen molar-refractivity contribution in [3.8, 4) is 0 Å². The van der Waals surface area contributed by atoms with E-state index in [0.29, 0.717) is 0 Å². The molecule has 0 heterocycles. The molecule has 3 heteroatoms. The van der Waals surface area contributed by atoms with Crippen molar-refractivity contribution in [3.05, 3.63) is 61.5 Å². The maximum Gasteiger partial charge on any atom is 0.0631 e. The number of aryl methyl sites for hydroxylation is 3. The fourth-order valence-corrected chi connectivity index (χ4v) is 3.93. The van der Waals surface area contributed by atoms with Crippen molar-refractivity contribution < 1.29 is 0 Å². The van der Waals surface area contributed by atoms with Gasteiger partial charge in [-0.2, -0.15) is 0 Å². The summed E-state index contributed by atoms with van der Waals surface area (Å²) in [6.07, 6.45) is 0. The SMILES string of the molecule is Cc1cc(C)cc(CNc2c(Br)cc(C)cc2Br)c1. The standard InChI is InChI=1S/C16H17Br2N/c1-10-4-11(2)6-13(5-10)9-19-16-14(17)7-12(3)8-15(16)18/h4-8,19H,9H2,1-3H3. The smallest absolute Gasteiger partial charge is 0.0631 e. The molecule has 2 aromatic rings. The first-order chi connectivity index (χ1) is 8.95. The summed E-state index contributed by atoms with van der Waals surface area (Å²) in [6, 6.07) is 10.9. The zero-order chi connectivity index (χ0) is 14.0. The third-order valence-electron chi connectivity index (χ3n) is 2.94. The largest absolute Gasteiger partial charge is 0.379 e. The summed E-state index contributed by atoms with van der Waals surface area (Å²) < 4.78 is 2.17. The second-order valence-electron chi connectivity index (χ2n) is 4.95. The van der Waals surface area contributed by atoms with Gasteiger partial charge < -0.3 is 5.32 Å². The quantitative estimate of drug-likeness (QED) is 0.712. The van der Waals surface area contributed by atoms with Crippen LogP contribution in [0.5, 0.6) is 0 Å². The zero-order valence-electron chi connectivity index (χ0n) is 11.3. The highest BCUT2D eigenvalue weighted by Crippen LogP contribution is 2.32. The van der Waals surface area contributed by atoms with Crippen LogP contribution in [0.15, 0.2) is 39.3 Å². The summed E-state index contributed by atoms with van der Waals surface area (Å²) in [4.78, 5) is 0. The Morgan fingerprint density at radius 1 is 0.789 bits per heavy atom. The van der Waals surface area contributed by atoms with Gasteiger partial charge in [0.2, 0.25) is 0 Å². The zero-order valence-corrected chi connectivity index (χ0v) is 14.5. The van der Waals surface area contributed by atoms with Crippen molar-refractivity contribution >= 4 is 37.5 Å². The molecule has 0 spiro atoms. The summed E-state index contributed by atoms with van der Waals surface area (Å²) in [5, 5.41) is 3.49. The van der Waals surface area contributed by atoms with Gasteiger partial charge in [-0.05, 0) is 75.9 Å². The molecule has 0 amide bonds. The van der Waals surface area contributed by atoms with Crippen molar-refractivity contribution in [3.63, 3.8) is 0 Å². The molecular weight excluding hydrogens is 366 g/mol. The molecule has 0 bridgehead atoms. The first kappa shape index (κ1) is 14.6. The Kier molecular flexibility index (Phi) is 4.69. The predicted octanol–water partition coefficient (Wildman–Crippen LogP) is 5.75. The van der Waals surface area contributed by atoms with Crippen LogP contribution < -0.4 is 5.32 Å². The van der Waals surface area contributed by atoms with E-state index >= 15 is 0 Å². The second-order valence-corrected chi connectivity index (χ2v) is 6.66. The van der Waals surface area contributed by atoms with Crippen molar-refractivity contribution in [2.45, 2.75) is 27.3 Å². The molecule has 0 aliphatic rings. The van der Waals surface area contributed by atoms with Gasteiger partial charge in [0.25, 0.3) is 0 Å². The van der Waals surface area contributed by atoms with Gasteiger partial charge in [-0.3, -0.25) is 0 Å². The second kappa shape index (κ2) is 6.10. The van der Waals surface area contributed by atoms with Crippen LogP contribution in [0.4, 0.5) is 5.69 Å². The van der Waals surface area contributed by atoms with Crippen molar-refractivity contribution in [1.29, 1.82) is 0 Å². The lowest BCUT2D eigenvalue weighted by atomic mass is 10.1. The van der Waals surface area contributed by atoms with Crippen LogP contribution in [0.1, 0.15) is 22.3 Å². The van der Waals surface area contributed by atoms with Gasteiger partial charge >= 0.3 is 0 Å². The van der Waals surface area contributed by atoms with Crippen molar-refractivity contribution in [1.82, 2.24) is 0 Å². The highest BCUT2D eigenvalue weighted by molar-refractivity contribution is 9.11. The average molecular weight is 383 g/mol. The number of hydrogen-bond donors (Lipinski definition) is 1. The third-order valence-corrected chi connectivity index (χ3v) is 4.19. The number of nitrogens with one attached hydrogen (secondary N) is 1. The molecule has 0 aliphatic heterocycles. The normalized spacial score (nSPS) is 10.6. The molecule has 19 heavy (non-hydrogen) atoms. The summed E-state index contributed by atoms with van der Waals surface area (Å²) in [5.74, 6) is 0. The fourth-order valence-electron chi connectivity index (χ4n) is 2.23. The van der Waals surface area contributed by atoms with Gasteiger partial charge in [-0.25, -0.2) is 0 Å². The molecule has 0 aromatic heterocycles. The number of halogens is 2. The van der Waals surface area contributed by atoms with Crippen LogP contribution in [0.25, 0.3) is 0 Å². The van der Waals surface area contributed by atoms with Crippen LogP contribution in [-0.4, -0.2) is 0 Å². The Morgan fingerprint density at radius 2 is 1.26 bits per heavy atom. The summed E-state index contributed by atoms with van der Waals surface area (Å²) in [7, 11) is 0. The van der Waals surface area contributed by atoms with E-state index in [2.05, 4.69) is 88.3 Å². The third kappa shape index (κ3) is 3.83. The minimum atomic E-state index is 0.822. The number of rotatable bonds is 3. The molecule has 2 rings (SSSR count). The minimum absolute atomic E-state index is 0.822. The van der Waals surface area contributed by atoms with Gasteiger partial charge in [0.1, 0.15) is 0 Å². The number of benzene rings is 2. The highest BCUT2D eigenvalue weighted by Gasteiger charge is 2.06. The molecule has 2 aromatic carbocycles. The van der Waals surface area contributed by atoms with E-state index in [1.807, 2.05) is 0 Å². The molecule has 0 aliphatic carbocycles. The van der Waals surface area contributed by atoms with E-state index in [1.165, 1.54) is 22.3 Å². The van der Waals surface area contributed by atoms with Gasteiger partial charge in [-0.15, -0.1) is 0 Å². The molecule has 0 unspecified atom stereocenters. The van der Waals surface area contributed by atoms with E-state index in [1.54, 1.807) is 0 Å². The molecular formula is C16H17Br2N. The average Bonchev–Trinajstić information content (AvgIpc) is 2.25. The number of anilines is 1. The summed E-state index contributed by atoms with van der Waals surface area (Å²) >= 11 is 7.22. The monoisotopic (exact) mass is 381 g/mol. The molecule has 0 saturated carbocycles. The van der Waals surface area contributed by atoms with Crippen molar-refractivity contribution in [2.24, 2.45) is 0 Å². The van der Waals surface area contributed by atoms with Gasteiger partial charge in [0.15, 0.2) is 0 Å². The Balaban J connectivity index is 2.19. The van der Waals surface area contributed by atoms with Gasteiger partial charge in [-0.1, -0.05) is 29.3 Å². The Hall–Kier alpha value is -0.800. The lowest BCUT2D eigenvalue weighted by Crippen LogP contribution is -2.02. The maximum absolute atomic E-state index is 3.61. The molecule has 0 fully saturated rings. The Morgan fingerprint density at radius 3 is 1.79 bits per heavy atom. The topological polar surface area (TPSA) is 12.0 Å². The van der Waals surface area contributed by atoms with E-state index in [0.717, 1.165) is 21.2 Å². The van der Waals surface area contributed by atoms with E-state index < -0.39 is 0 Å². The lowest BCUT2D eigenvalue weighted by Gasteiger charge is -2.13. The molecule has 1 N–H and O–H groups in total. The summed E-state index contributed by atoms with van der Waals surface area (Å²) in [6.45, 7) is 7.18. The predicted molar refractivity (Wildman–Crippen MR) is 89.8 cm³/mol. The van der Waals surface area contributed by atoms with Crippen LogP contribution in [0.2, 0.25) is 0 Å². The molecule has 0 atom stereocenters. The van der Waals surface area contributed by atoms with Crippen LogP contribution in [-0.2, 0) is 6.54 Å². The molecule has 0 radical (unpaired) electrons. The van der Waals surface area contributed by atoms with Gasteiger partial charge in [0, 0.05) is 15.5 Å². The van der Waals surface area contributed by atoms with Crippen LogP contribution in [0.3, 0.4) is 0 Å². The minimum Gasteiger partial charge on any atom is -0.379 e. The Bertz CT molecular complexity index is 562. The van der Waals surface area contributed by atoms with E-state index in [4.69, 9.17) is 0 Å². The summed E-state index contributed by atoms with van der Waals surface area (Å²) in [5.41, 5.74) is 6.25. The van der Waals surface area contributed by atoms with E-state index in [-0.39, 0.29) is 0 Å². The first-order valence-electron chi connectivity index (χ1n) is 6.22. The maximum atomic E-state index is 3.61. The fraction of sp³-hybridized carbons (Fsp3) is 0.250. The lowest BCUT2D eigenvalue weighted by molar-refractivity contribution is 1.12. The van der Waals surface area contributed by atoms with Crippen LogP contribution >= 0.6 is 31.9 Å². The molecule has 0 saturated heterocycles. The first-order valence-corrected chi connectivity index (χ1v) is 7.81. The van der Waals surface area contributed by atoms with E-state index in [9.17, 15) is 0 Å². The molecule has 100 valence electrons. The van der Waals surface area contributed by atoms with Crippen LogP contribution in [0, 0.1) is 20.8 Å². The molecule has 1 nitrogen and oxygen atoms in total. The van der Waals surface area contributed by atoms with Crippen molar-refractivity contribution in [2.75, 3.05) is 5.32 Å².